The number of rotatable bonds is 4. The molecule has 3 heterocycles. The molecule has 27 heavy (non-hydrogen) atoms. The number of nitrogens with one attached hydrogen (secondary N) is 2. The van der Waals surface area contributed by atoms with Crippen LogP contribution in [0.15, 0.2) is 24.4 Å². The standard InChI is InChI=1S/C18H21Cl2N7/c1-11(13-4-3-12(19)9-14(13)20)22-17-16-15(10-26(2)25-16)23-18(24-17)27-7-5-21-6-8-27/h3-4,9-11,21H,5-8H2,1-2H3,(H,22,23,24)/t11-/m1/s1. The van der Waals surface area contributed by atoms with Crippen molar-refractivity contribution < 1.29 is 0 Å². The van der Waals surface area contributed by atoms with E-state index < -0.39 is 0 Å². The van der Waals surface area contributed by atoms with Gasteiger partial charge in [0.2, 0.25) is 5.95 Å². The Morgan fingerprint density at radius 1 is 1.19 bits per heavy atom. The van der Waals surface area contributed by atoms with Crippen LogP contribution >= 0.6 is 23.2 Å². The van der Waals surface area contributed by atoms with Crippen LogP contribution in [0, 0.1) is 0 Å². The van der Waals surface area contributed by atoms with Gasteiger partial charge in [0.05, 0.1) is 12.2 Å². The molecule has 3 aromatic rings. The highest BCUT2D eigenvalue weighted by molar-refractivity contribution is 6.35. The summed E-state index contributed by atoms with van der Waals surface area (Å²) >= 11 is 12.4. The van der Waals surface area contributed by atoms with Crippen LogP contribution in [0.2, 0.25) is 10.0 Å². The van der Waals surface area contributed by atoms with Gasteiger partial charge >= 0.3 is 0 Å². The zero-order chi connectivity index (χ0) is 19.0. The van der Waals surface area contributed by atoms with Crippen LogP contribution in [0.1, 0.15) is 18.5 Å². The first-order valence-electron chi connectivity index (χ1n) is 8.90. The number of nitrogens with zero attached hydrogens (tertiary/aromatic N) is 5. The zero-order valence-corrected chi connectivity index (χ0v) is 16.7. The quantitative estimate of drug-likeness (QED) is 0.693. The van der Waals surface area contributed by atoms with Gasteiger partial charge in [0, 0.05) is 43.3 Å². The first-order chi connectivity index (χ1) is 13.0. The molecule has 0 spiro atoms. The highest BCUT2D eigenvalue weighted by Gasteiger charge is 2.19. The fourth-order valence-electron chi connectivity index (χ4n) is 3.25. The molecule has 0 aliphatic carbocycles. The number of halogens is 2. The molecule has 1 atom stereocenters. The third kappa shape index (κ3) is 3.81. The maximum atomic E-state index is 6.37. The second-order valence-corrected chi connectivity index (χ2v) is 7.52. The minimum absolute atomic E-state index is 0.0641. The summed E-state index contributed by atoms with van der Waals surface area (Å²) in [5, 5.41) is 12.6. The Labute approximate surface area is 167 Å². The molecule has 2 N–H and O–H groups in total. The van der Waals surface area contributed by atoms with Crippen molar-refractivity contribution in [3.63, 3.8) is 0 Å². The SMILES string of the molecule is C[C@@H](Nc1nc(N2CCNCC2)nc2cn(C)nc12)c1ccc(Cl)cc1Cl. The van der Waals surface area contributed by atoms with Crippen LogP contribution < -0.4 is 15.5 Å². The molecule has 142 valence electrons. The molecular formula is C18H21Cl2N7. The Morgan fingerprint density at radius 3 is 2.70 bits per heavy atom. The van der Waals surface area contributed by atoms with Gasteiger partial charge in [-0.15, -0.1) is 0 Å². The van der Waals surface area contributed by atoms with Crippen molar-refractivity contribution in [2.75, 3.05) is 36.4 Å². The number of fused-ring (bicyclic) bond motifs is 1. The highest BCUT2D eigenvalue weighted by atomic mass is 35.5. The molecule has 0 bridgehead atoms. The lowest BCUT2D eigenvalue weighted by Gasteiger charge is -2.28. The Kier molecular flexibility index (Phi) is 5.08. The molecule has 0 radical (unpaired) electrons. The average Bonchev–Trinajstić information content (AvgIpc) is 3.03. The van der Waals surface area contributed by atoms with E-state index >= 15 is 0 Å². The second kappa shape index (κ2) is 7.50. The second-order valence-electron chi connectivity index (χ2n) is 6.68. The Bertz CT molecular complexity index is 966. The summed E-state index contributed by atoms with van der Waals surface area (Å²) < 4.78 is 1.76. The van der Waals surface area contributed by atoms with Crippen LogP contribution in [-0.2, 0) is 7.05 Å². The molecule has 1 aliphatic heterocycles. The van der Waals surface area contributed by atoms with Crippen molar-refractivity contribution in [3.8, 4) is 0 Å². The number of hydrogen-bond acceptors (Lipinski definition) is 6. The van der Waals surface area contributed by atoms with E-state index in [1.807, 2.05) is 32.3 Å². The maximum Gasteiger partial charge on any atom is 0.228 e. The Morgan fingerprint density at radius 2 is 1.96 bits per heavy atom. The molecule has 0 saturated carbocycles. The molecule has 1 aliphatic rings. The number of hydrogen-bond donors (Lipinski definition) is 2. The van der Waals surface area contributed by atoms with Gasteiger partial charge < -0.3 is 15.5 Å². The fourth-order valence-corrected chi connectivity index (χ4v) is 3.83. The monoisotopic (exact) mass is 405 g/mol. The van der Waals surface area contributed by atoms with Gasteiger partial charge in [-0.2, -0.15) is 10.1 Å². The topological polar surface area (TPSA) is 70.9 Å². The van der Waals surface area contributed by atoms with E-state index in [0.29, 0.717) is 21.8 Å². The van der Waals surface area contributed by atoms with Crippen molar-refractivity contribution in [3.05, 3.63) is 40.0 Å². The number of anilines is 2. The molecule has 0 unspecified atom stereocenters. The summed E-state index contributed by atoms with van der Waals surface area (Å²) in [6.45, 7) is 5.64. The number of aryl methyl sites for hydroxylation is 1. The minimum atomic E-state index is -0.0641. The summed E-state index contributed by atoms with van der Waals surface area (Å²) in [5.74, 6) is 1.42. The maximum absolute atomic E-state index is 6.37. The van der Waals surface area contributed by atoms with Crippen LogP contribution in [0.4, 0.5) is 11.8 Å². The molecule has 4 rings (SSSR count). The molecule has 1 fully saturated rings. The largest absolute Gasteiger partial charge is 0.361 e. The van der Waals surface area contributed by atoms with Gasteiger partial charge in [-0.3, -0.25) is 4.68 Å². The summed E-state index contributed by atoms with van der Waals surface area (Å²) in [6, 6.07) is 5.45. The normalized spacial score (nSPS) is 15.9. The molecule has 9 heteroatoms. The van der Waals surface area contributed by atoms with Crippen LogP contribution in [0.3, 0.4) is 0 Å². The molecule has 2 aromatic heterocycles. The third-order valence-electron chi connectivity index (χ3n) is 4.65. The van der Waals surface area contributed by atoms with E-state index in [0.717, 1.165) is 42.8 Å². The fraction of sp³-hybridized carbons (Fsp3) is 0.389. The van der Waals surface area contributed by atoms with Crippen molar-refractivity contribution in [1.29, 1.82) is 0 Å². The smallest absolute Gasteiger partial charge is 0.228 e. The average molecular weight is 406 g/mol. The lowest BCUT2D eigenvalue weighted by Crippen LogP contribution is -2.44. The molecular weight excluding hydrogens is 385 g/mol. The van der Waals surface area contributed by atoms with Gasteiger partial charge in [0.1, 0.15) is 5.52 Å². The van der Waals surface area contributed by atoms with Crippen molar-refractivity contribution in [1.82, 2.24) is 25.1 Å². The van der Waals surface area contributed by atoms with Crippen LogP contribution in [0.5, 0.6) is 0 Å². The van der Waals surface area contributed by atoms with Crippen molar-refractivity contribution in [2.45, 2.75) is 13.0 Å². The number of aromatic nitrogens is 4. The van der Waals surface area contributed by atoms with Crippen molar-refractivity contribution in [2.24, 2.45) is 7.05 Å². The highest BCUT2D eigenvalue weighted by Crippen LogP contribution is 2.30. The lowest BCUT2D eigenvalue weighted by atomic mass is 10.1. The summed E-state index contributed by atoms with van der Waals surface area (Å²) in [5.41, 5.74) is 2.51. The summed E-state index contributed by atoms with van der Waals surface area (Å²) in [7, 11) is 1.88. The number of benzene rings is 1. The first kappa shape index (κ1) is 18.3. The summed E-state index contributed by atoms with van der Waals surface area (Å²) in [4.78, 5) is 11.7. The molecule has 7 nitrogen and oxygen atoms in total. The lowest BCUT2D eigenvalue weighted by molar-refractivity contribution is 0.580. The van der Waals surface area contributed by atoms with E-state index in [4.69, 9.17) is 33.2 Å². The van der Waals surface area contributed by atoms with E-state index in [-0.39, 0.29) is 6.04 Å². The van der Waals surface area contributed by atoms with E-state index in [9.17, 15) is 0 Å². The van der Waals surface area contributed by atoms with Gasteiger partial charge in [-0.05, 0) is 24.6 Å². The van der Waals surface area contributed by atoms with Crippen molar-refractivity contribution >= 4 is 46.0 Å². The Hall–Kier alpha value is -2.09. The molecule has 1 saturated heterocycles. The van der Waals surface area contributed by atoms with Gasteiger partial charge in [-0.25, -0.2) is 4.98 Å². The van der Waals surface area contributed by atoms with E-state index in [1.165, 1.54) is 0 Å². The number of piperazine rings is 1. The predicted octanol–water partition coefficient (Wildman–Crippen LogP) is 3.25. The van der Waals surface area contributed by atoms with Gasteiger partial charge in [0.25, 0.3) is 0 Å². The zero-order valence-electron chi connectivity index (χ0n) is 15.2. The van der Waals surface area contributed by atoms with Gasteiger partial charge in [0.15, 0.2) is 11.3 Å². The van der Waals surface area contributed by atoms with E-state index in [1.54, 1.807) is 10.7 Å². The Balaban J connectivity index is 1.70. The minimum Gasteiger partial charge on any atom is -0.361 e. The third-order valence-corrected chi connectivity index (χ3v) is 5.21. The first-order valence-corrected chi connectivity index (χ1v) is 9.65. The van der Waals surface area contributed by atoms with Gasteiger partial charge in [-0.1, -0.05) is 29.3 Å². The molecule has 1 aromatic carbocycles. The van der Waals surface area contributed by atoms with Crippen LogP contribution in [-0.4, -0.2) is 45.9 Å². The summed E-state index contributed by atoms with van der Waals surface area (Å²) in [6.07, 6.45) is 1.91. The predicted molar refractivity (Wildman–Crippen MR) is 110 cm³/mol. The van der Waals surface area contributed by atoms with Crippen LogP contribution in [0.25, 0.3) is 11.0 Å². The van der Waals surface area contributed by atoms with E-state index in [2.05, 4.69) is 20.6 Å². The molecule has 0 amide bonds.